The number of carboxylic acid groups (broad SMARTS) is 2. The summed E-state index contributed by atoms with van der Waals surface area (Å²) in [7, 11) is 2.68. The van der Waals surface area contributed by atoms with Gasteiger partial charge in [0.25, 0.3) is 0 Å². The third-order valence-corrected chi connectivity index (χ3v) is 2.19. The highest BCUT2D eigenvalue weighted by Gasteiger charge is 2.21. The summed E-state index contributed by atoms with van der Waals surface area (Å²) in [6.07, 6.45) is -0.387. The minimum Gasteiger partial charge on any atom is -0.493 e. The number of carbonyl (C=O) groups is 2. The van der Waals surface area contributed by atoms with Crippen LogP contribution in [0.5, 0.6) is 11.5 Å². The van der Waals surface area contributed by atoms with E-state index in [2.05, 4.69) is 0 Å². The van der Waals surface area contributed by atoms with Crippen molar-refractivity contribution in [3.05, 3.63) is 23.3 Å². The van der Waals surface area contributed by atoms with Gasteiger partial charge in [-0.15, -0.1) is 0 Å². The smallest absolute Gasteiger partial charge is 0.339 e. The van der Waals surface area contributed by atoms with Crippen molar-refractivity contribution in [3.8, 4) is 11.5 Å². The molecule has 0 aliphatic rings. The van der Waals surface area contributed by atoms with E-state index in [4.69, 9.17) is 19.7 Å². The van der Waals surface area contributed by atoms with Gasteiger partial charge in [0.15, 0.2) is 11.5 Å². The molecule has 0 bridgehead atoms. The van der Waals surface area contributed by atoms with Crippen molar-refractivity contribution >= 4 is 11.9 Å². The molecule has 0 aliphatic heterocycles. The highest BCUT2D eigenvalue weighted by atomic mass is 16.5. The third-order valence-electron chi connectivity index (χ3n) is 2.19. The molecule has 0 unspecified atom stereocenters. The fourth-order valence-electron chi connectivity index (χ4n) is 1.51. The first-order chi connectivity index (χ1) is 8.01. The molecule has 1 aromatic carbocycles. The second-order valence-electron chi connectivity index (χ2n) is 3.21. The quantitative estimate of drug-likeness (QED) is 0.798. The molecule has 0 radical (unpaired) electrons. The molecule has 6 heteroatoms. The van der Waals surface area contributed by atoms with Gasteiger partial charge in [-0.3, -0.25) is 4.79 Å². The Balaban J connectivity index is 3.41. The molecule has 6 nitrogen and oxygen atoms in total. The zero-order valence-electron chi connectivity index (χ0n) is 9.39. The molecule has 0 saturated carbocycles. The molecule has 0 amide bonds. The summed E-state index contributed by atoms with van der Waals surface area (Å²) in [6, 6.07) is 2.88. The standard InChI is InChI=1S/C11H12O6/c1-16-7-4-3-6(5-8(12)13)9(11(14)15)10(7)17-2/h3-4H,5H2,1-2H3,(H,12,13)(H,14,15). The lowest BCUT2D eigenvalue weighted by atomic mass is 10.0. The second-order valence-corrected chi connectivity index (χ2v) is 3.21. The number of aromatic carboxylic acids is 1. The van der Waals surface area contributed by atoms with E-state index in [1.54, 1.807) is 0 Å². The van der Waals surface area contributed by atoms with E-state index in [-0.39, 0.29) is 29.0 Å². The Morgan fingerprint density at radius 3 is 2.24 bits per heavy atom. The van der Waals surface area contributed by atoms with Gasteiger partial charge < -0.3 is 19.7 Å². The van der Waals surface area contributed by atoms with Crippen molar-refractivity contribution < 1.29 is 29.3 Å². The van der Waals surface area contributed by atoms with Crippen LogP contribution in [0.2, 0.25) is 0 Å². The van der Waals surface area contributed by atoms with Crippen LogP contribution in [0, 0.1) is 0 Å². The third kappa shape index (κ3) is 2.66. The van der Waals surface area contributed by atoms with Crippen LogP contribution in [0.3, 0.4) is 0 Å². The van der Waals surface area contributed by atoms with Gasteiger partial charge >= 0.3 is 11.9 Å². The van der Waals surface area contributed by atoms with Gasteiger partial charge in [-0.2, -0.15) is 0 Å². The van der Waals surface area contributed by atoms with Gasteiger partial charge in [-0.1, -0.05) is 6.07 Å². The molecule has 2 N–H and O–H groups in total. The summed E-state index contributed by atoms with van der Waals surface area (Å²) < 4.78 is 9.90. The van der Waals surface area contributed by atoms with Gasteiger partial charge in [-0.25, -0.2) is 4.79 Å². The molecule has 0 saturated heterocycles. The highest BCUT2D eigenvalue weighted by Crippen LogP contribution is 2.33. The number of benzene rings is 1. The Kier molecular flexibility index (Phi) is 3.92. The maximum atomic E-state index is 11.1. The molecule has 1 aromatic rings. The van der Waals surface area contributed by atoms with Gasteiger partial charge in [0.1, 0.15) is 5.56 Å². The van der Waals surface area contributed by atoms with Crippen LogP contribution in [0.1, 0.15) is 15.9 Å². The maximum Gasteiger partial charge on any atom is 0.339 e. The van der Waals surface area contributed by atoms with E-state index in [0.717, 1.165) is 0 Å². The van der Waals surface area contributed by atoms with Crippen molar-refractivity contribution in [2.75, 3.05) is 14.2 Å². The summed E-state index contributed by atoms with van der Waals surface area (Å²) in [6.45, 7) is 0. The topological polar surface area (TPSA) is 93.1 Å². The first-order valence-corrected chi connectivity index (χ1v) is 4.70. The van der Waals surface area contributed by atoms with E-state index in [1.165, 1.54) is 26.4 Å². The van der Waals surface area contributed by atoms with Crippen molar-refractivity contribution in [1.29, 1.82) is 0 Å². The summed E-state index contributed by atoms with van der Waals surface area (Å²) in [4.78, 5) is 21.8. The number of carboxylic acids is 2. The predicted octanol–water partition coefficient (Wildman–Crippen LogP) is 1.03. The fraction of sp³-hybridized carbons (Fsp3) is 0.273. The van der Waals surface area contributed by atoms with Gasteiger partial charge in [-0.05, 0) is 11.6 Å². The van der Waals surface area contributed by atoms with E-state index in [9.17, 15) is 9.59 Å². The Labute approximate surface area is 97.4 Å². The van der Waals surface area contributed by atoms with E-state index in [0.29, 0.717) is 0 Å². The lowest BCUT2D eigenvalue weighted by Gasteiger charge is -2.13. The van der Waals surface area contributed by atoms with Crippen LogP contribution in [-0.2, 0) is 11.2 Å². The molecular weight excluding hydrogens is 228 g/mol. The number of rotatable bonds is 5. The Bertz CT molecular complexity index is 452. The van der Waals surface area contributed by atoms with E-state index < -0.39 is 11.9 Å². The molecule has 0 fully saturated rings. The number of ether oxygens (including phenoxy) is 2. The zero-order chi connectivity index (χ0) is 13.0. The number of aliphatic carboxylic acids is 1. The predicted molar refractivity (Wildman–Crippen MR) is 57.8 cm³/mol. The lowest BCUT2D eigenvalue weighted by molar-refractivity contribution is -0.136. The fourth-order valence-corrected chi connectivity index (χ4v) is 1.51. The molecule has 0 atom stereocenters. The van der Waals surface area contributed by atoms with Crippen LogP contribution in [0.4, 0.5) is 0 Å². The Morgan fingerprint density at radius 2 is 1.82 bits per heavy atom. The Morgan fingerprint density at radius 1 is 1.18 bits per heavy atom. The Hall–Kier alpha value is -2.24. The zero-order valence-corrected chi connectivity index (χ0v) is 9.39. The monoisotopic (exact) mass is 240 g/mol. The summed E-state index contributed by atoms with van der Waals surface area (Å²) in [5.41, 5.74) is -0.0168. The lowest BCUT2D eigenvalue weighted by Crippen LogP contribution is -2.10. The first-order valence-electron chi connectivity index (χ1n) is 4.70. The molecule has 92 valence electrons. The van der Waals surface area contributed by atoms with Crippen LogP contribution in [0.15, 0.2) is 12.1 Å². The average molecular weight is 240 g/mol. The normalized spacial score (nSPS) is 9.76. The first kappa shape index (κ1) is 12.8. The second kappa shape index (κ2) is 5.20. The van der Waals surface area contributed by atoms with Crippen LogP contribution >= 0.6 is 0 Å². The largest absolute Gasteiger partial charge is 0.493 e. The van der Waals surface area contributed by atoms with Gasteiger partial charge in [0.2, 0.25) is 0 Å². The molecule has 0 heterocycles. The van der Waals surface area contributed by atoms with Crippen molar-refractivity contribution in [2.24, 2.45) is 0 Å². The molecule has 0 aromatic heterocycles. The average Bonchev–Trinajstić information content (AvgIpc) is 2.26. The van der Waals surface area contributed by atoms with Crippen molar-refractivity contribution in [1.82, 2.24) is 0 Å². The molecule has 0 spiro atoms. The van der Waals surface area contributed by atoms with E-state index >= 15 is 0 Å². The SMILES string of the molecule is COc1ccc(CC(=O)O)c(C(=O)O)c1OC. The number of hydrogen-bond acceptors (Lipinski definition) is 4. The maximum absolute atomic E-state index is 11.1. The van der Waals surface area contributed by atoms with E-state index in [1.807, 2.05) is 0 Å². The minimum atomic E-state index is -1.25. The summed E-state index contributed by atoms with van der Waals surface area (Å²) in [5, 5.41) is 17.8. The number of methoxy groups -OCH3 is 2. The molecule has 0 aliphatic carbocycles. The molecule has 17 heavy (non-hydrogen) atoms. The molecule has 1 rings (SSSR count). The highest BCUT2D eigenvalue weighted by molar-refractivity contribution is 5.95. The minimum absolute atomic E-state index is 0.0266. The van der Waals surface area contributed by atoms with Crippen LogP contribution in [-0.4, -0.2) is 36.4 Å². The van der Waals surface area contributed by atoms with Gasteiger partial charge in [0, 0.05) is 0 Å². The molecular formula is C11H12O6. The summed E-state index contributed by atoms with van der Waals surface area (Å²) in [5.74, 6) is -2.09. The van der Waals surface area contributed by atoms with Crippen LogP contribution < -0.4 is 9.47 Å². The van der Waals surface area contributed by atoms with Crippen molar-refractivity contribution in [3.63, 3.8) is 0 Å². The van der Waals surface area contributed by atoms with Crippen molar-refractivity contribution in [2.45, 2.75) is 6.42 Å². The summed E-state index contributed by atoms with van der Waals surface area (Å²) >= 11 is 0. The van der Waals surface area contributed by atoms with Crippen LogP contribution in [0.25, 0.3) is 0 Å². The number of hydrogen-bond donors (Lipinski definition) is 2. The van der Waals surface area contributed by atoms with Gasteiger partial charge in [0.05, 0.1) is 20.6 Å².